The van der Waals surface area contributed by atoms with Crippen LogP contribution in [0, 0.1) is 0 Å². The lowest BCUT2D eigenvalue weighted by molar-refractivity contribution is 0.116. The van der Waals surface area contributed by atoms with E-state index in [0.717, 1.165) is 58.2 Å². The van der Waals surface area contributed by atoms with E-state index in [1.54, 1.807) is 30.1 Å². The molecule has 0 spiro atoms. The van der Waals surface area contributed by atoms with E-state index in [1.165, 1.54) is 0 Å². The van der Waals surface area contributed by atoms with Crippen molar-refractivity contribution in [2.45, 2.75) is 37.8 Å². The van der Waals surface area contributed by atoms with E-state index in [1.807, 2.05) is 41.9 Å². The highest BCUT2D eigenvalue weighted by Gasteiger charge is 2.23. The molecular formula is C22H23N5O2S. The maximum absolute atomic E-state index is 10.2. The lowest BCUT2D eigenvalue weighted by atomic mass is 9.93. The standard InChI is InChI=1S/C22H23N5O2S/c1-27-13-23-12-19(27)18-10-15(8-9-24-18)29-14-6-7-17-21(11-14)30-22(26-17)25-16-4-2-3-5-20(16)28/h6-13,16,20,28H,2-5H2,1H3,(H,25,26)/t16-,20-/m1/s1. The lowest BCUT2D eigenvalue weighted by Gasteiger charge is -2.27. The minimum absolute atomic E-state index is 0.0808. The number of anilines is 1. The zero-order valence-corrected chi connectivity index (χ0v) is 17.5. The van der Waals surface area contributed by atoms with Crippen molar-refractivity contribution in [1.29, 1.82) is 0 Å². The third-order valence-electron chi connectivity index (χ3n) is 5.44. The molecule has 2 atom stereocenters. The molecule has 154 valence electrons. The van der Waals surface area contributed by atoms with Crippen molar-refractivity contribution in [3.8, 4) is 22.9 Å². The van der Waals surface area contributed by atoms with Crippen LogP contribution < -0.4 is 10.1 Å². The van der Waals surface area contributed by atoms with Gasteiger partial charge in [-0.05, 0) is 31.0 Å². The Hall–Kier alpha value is -2.97. The predicted molar refractivity (Wildman–Crippen MR) is 118 cm³/mol. The number of ether oxygens (including phenoxy) is 1. The monoisotopic (exact) mass is 421 g/mol. The molecule has 7 nitrogen and oxygen atoms in total. The van der Waals surface area contributed by atoms with E-state index < -0.39 is 0 Å². The number of fused-ring (bicyclic) bond motifs is 1. The molecule has 3 heterocycles. The van der Waals surface area contributed by atoms with Crippen LogP contribution in [0.15, 0.2) is 49.1 Å². The molecule has 0 bridgehead atoms. The van der Waals surface area contributed by atoms with Gasteiger partial charge in [-0.3, -0.25) is 4.98 Å². The summed E-state index contributed by atoms with van der Waals surface area (Å²) in [5.41, 5.74) is 2.66. The second-order valence-corrected chi connectivity index (χ2v) is 8.65. The fraction of sp³-hybridized carbons (Fsp3) is 0.318. The van der Waals surface area contributed by atoms with Gasteiger partial charge in [-0.15, -0.1) is 0 Å². The van der Waals surface area contributed by atoms with Crippen LogP contribution in [0.3, 0.4) is 0 Å². The highest BCUT2D eigenvalue weighted by molar-refractivity contribution is 7.22. The number of hydrogen-bond donors (Lipinski definition) is 2. The first-order valence-electron chi connectivity index (χ1n) is 10.1. The first kappa shape index (κ1) is 19.0. The van der Waals surface area contributed by atoms with Crippen molar-refractivity contribution in [1.82, 2.24) is 19.5 Å². The summed E-state index contributed by atoms with van der Waals surface area (Å²) in [7, 11) is 1.94. The van der Waals surface area contributed by atoms with Gasteiger partial charge in [0.15, 0.2) is 5.13 Å². The number of aromatic nitrogens is 4. The van der Waals surface area contributed by atoms with E-state index in [9.17, 15) is 5.11 Å². The van der Waals surface area contributed by atoms with Gasteiger partial charge in [-0.1, -0.05) is 24.2 Å². The van der Waals surface area contributed by atoms with E-state index in [2.05, 4.69) is 20.3 Å². The number of hydrogen-bond acceptors (Lipinski definition) is 7. The Labute approximate surface area is 178 Å². The molecule has 1 aromatic carbocycles. The van der Waals surface area contributed by atoms with Gasteiger partial charge in [0.05, 0.1) is 46.3 Å². The van der Waals surface area contributed by atoms with Crippen molar-refractivity contribution in [3.63, 3.8) is 0 Å². The van der Waals surface area contributed by atoms with Crippen molar-refractivity contribution < 1.29 is 9.84 Å². The van der Waals surface area contributed by atoms with Gasteiger partial charge in [0, 0.05) is 25.4 Å². The highest BCUT2D eigenvalue weighted by Crippen LogP contribution is 2.33. The Morgan fingerprint density at radius 3 is 2.87 bits per heavy atom. The largest absolute Gasteiger partial charge is 0.457 e. The number of aliphatic hydroxyl groups excluding tert-OH is 1. The molecule has 4 aromatic rings. The normalized spacial score (nSPS) is 19.1. The second-order valence-electron chi connectivity index (χ2n) is 7.62. The Balaban J connectivity index is 1.35. The number of benzene rings is 1. The molecule has 0 saturated heterocycles. The van der Waals surface area contributed by atoms with Crippen molar-refractivity contribution in [3.05, 3.63) is 49.1 Å². The smallest absolute Gasteiger partial charge is 0.184 e. The van der Waals surface area contributed by atoms with Crippen molar-refractivity contribution in [2.24, 2.45) is 7.05 Å². The first-order valence-corrected chi connectivity index (χ1v) is 10.9. The van der Waals surface area contributed by atoms with Crippen LogP contribution in [-0.4, -0.2) is 36.8 Å². The SMILES string of the molecule is Cn1cncc1-c1cc(Oc2ccc3nc(N[C@@H]4CCCC[C@H]4O)sc3c2)ccn1. The summed E-state index contributed by atoms with van der Waals surface area (Å²) < 4.78 is 9.06. The van der Waals surface area contributed by atoms with Crippen LogP contribution >= 0.6 is 11.3 Å². The van der Waals surface area contributed by atoms with Gasteiger partial charge in [-0.2, -0.15) is 0 Å². The molecule has 0 aliphatic heterocycles. The van der Waals surface area contributed by atoms with Gasteiger partial charge in [0.1, 0.15) is 11.5 Å². The Morgan fingerprint density at radius 1 is 1.17 bits per heavy atom. The summed E-state index contributed by atoms with van der Waals surface area (Å²) in [6.45, 7) is 0. The number of aryl methyl sites for hydroxylation is 1. The quantitative estimate of drug-likeness (QED) is 0.490. The number of imidazole rings is 1. The molecule has 1 saturated carbocycles. The van der Waals surface area contributed by atoms with Gasteiger partial charge in [0.25, 0.3) is 0 Å². The van der Waals surface area contributed by atoms with E-state index in [4.69, 9.17) is 4.74 Å². The molecule has 0 amide bonds. The van der Waals surface area contributed by atoms with Crippen LogP contribution in [0.1, 0.15) is 25.7 Å². The summed E-state index contributed by atoms with van der Waals surface area (Å²) in [4.78, 5) is 13.2. The van der Waals surface area contributed by atoms with Crippen LogP contribution in [0.5, 0.6) is 11.5 Å². The number of aliphatic hydroxyl groups is 1. The van der Waals surface area contributed by atoms with Crippen LogP contribution in [0.4, 0.5) is 5.13 Å². The van der Waals surface area contributed by atoms with E-state index in [-0.39, 0.29) is 12.1 Å². The van der Waals surface area contributed by atoms with Crippen molar-refractivity contribution >= 4 is 26.7 Å². The molecular weight excluding hydrogens is 398 g/mol. The van der Waals surface area contributed by atoms with E-state index >= 15 is 0 Å². The number of pyridine rings is 1. The average molecular weight is 422 g/mol. The molecule has 0 radical (unpaired) electrons. The van der Waals surface area contributed by atoms with Crippen LogP contribution in [0.2, 0.25) is 0 Å². The summed E-state index contributed by atoms with van der Waals surface area (Å²) in [6.07, 6.45) is 9.04. The molecule has 30 heavy (non-hydrogen) atoms. The maximum Gasteiger partial charge on any atom is 0.184 e. The number of thiazole rings is 1. The molecule has 1 fully saturated rings. The second kappa shape index (κ2) is 8.04. The van der Waals surface area contributed by atoms with Crippen molar-refractivity contribution in [2.75, 3.05) is 5.32 Å². The number of rotatable bonds is 5. The van der Waals surface area contributed by atoms with Gasteiger partial charge < -0.3 is 19.7 Å². The molecule has 2 N–H and O–H groups in total. The lowest BCUT2D eigenvalue weighted by Crippen LogP contribution is -2.36. The zero-order chi connectivity index (χ0) is 20.5. The number of nitrogens with zero attached hydrogens (tertiary/aromatic N) is 4. The van der Waals surface area contributed by atoms with Gasteiger partial charge in [-0.25, -0.2) is 9.97 Å². The Morgan fingerprint density at radius 2 is 2.03 bits per heavy atom. The fourth-order valence-corrected chi connectivity index (χ4v) is 4.78. The van der Waals surface area contributed by atoms with Crippen LogP contribution in [-0.2, 0) is 7.05 Å². The molecule has 5 rings (SSSR count). The molecule has 3 aromatic heterocycles. The average Bonchev–Trinajstić information content (AvgIpc) is 3.35. The maximum atomic E-state index is 10.2. The molecule has 1 aliphatic carbocycles. The number of nitrogens with one attached hydrogen (secondary N) is 1. The highest BCUT2D eigenvalue weighted by atomic mass is 32.1. The Kier molecular flexibility index (Phi) is 5.10. The summed E-state index contributed by atoms with van der Waals surface area (Å²) in [6, 6.07) is 9.72. The molecule has 1 aliphatic rings. The minimum atomic E-state index is -0.301. The van der Waals surface area contributed by atoms with E-state index in [0.29, 0.717) is 5.75 Å². The third kappa shape index (κ3) is 3.88. The third-order valence-corrected chi connectivity index (χ3v) is 6.39. The summed E-state index contributed by atoms with van der Waals surface area (Å²) >= 11 is 1.58. The van der Waals surface area contributed by atoms with Gasteiger partial charge in [0.2, 0.25) is 0 Å². The summed E-state index contributed by atoms with van der Waals surface area (Å²) in [5.74, 6) is 1.46. The predicted octanol–water partition coefficient (Wildman–Crippen LogP) is 4.60. The zero-order valence-electron chi connectivity index (χ0n) is 16.7. The molecule has 0 unspecified atom stereocenters. The summed E-state index contributed by atoms with van der Waals surface area (Å²) in [5, 5.41) is 14.5. The first-order chi connectivity index (χ1) is 14.7. The Bertz CT molecular complexity index is 1170. The van der Waals surface area contributed by atoms with Gasteiger partial charge >= 0.3 is 0 Å². The topological polar surface area (TPSA) is 85.1 Å². The molecule has 8 heteroatoms. The fourth-order valence-electron chi connectivity index (χ4n) is 3.82. The van der Waals surface area contributed by atoms with Crippen LogP contribution in [0.25, 0.3) is 21.6 Å². The minimum Gasteiger partial charge on any atom is -0.457 e.